The first kappa shape index (κ1) is 22.0. The molecule has 0 aliphatic rings. The van der Waals surface area contributed by atoms with Crippen molar-refractivity contribution in [1.29, 1.82) is 0 Å². The number of thiophene rings is 1. The highest BCUT2D eigenvalue weighted by atomic mass is 35.5. The molecule has 2 aromatic rings. The minimum absolute atomic E-state index is 0.211. The van der Waals surface area contributed by atoms with Gasteiger partial charge in [0, 0.05) is 17.1 Å². The van der Waals surface area contributed by atoms with Gasteiger partial charge in [-0.2, -0.15) is 0 Å². The maximum absolute atomic E-state index is 12.5. The number of ether oxygens (including phenoxy) is 2. The van der Waals surface area contributed by atoms with Crippen LogP contribution in [0.5, 0.6) is 0 Å². The van der Waals surface area contributed by atoms with E-state index >= 15 is 0 Å². The highest BCUT2D eigenvalue weighted by Gasteiger charge is 2.25. The van der Waals surface area contributed by atoms with Gasteiger partial charge in [-0.05, 0) is 45.4 Å². The molecule has 0 aromatic carbocycles. The van der Waals surface area contributed by atoms with Crippen LogP contribution in [-0.4, -0.2) is 47.5 Å². The monoisotopic (exact) mass is 426 g/mol. The Balaban J connectivity index is 2.02. The minimum atomic E-state index is -0.662. The number of nitrogens with one attached hydrogen (secondary N) is 1. The van der Waals surface area contributed by atoms with Crippen molar-refractivity contribution in [3.05, 3.63) is 43.9 Å². The summed E-state index contributed by atoms with van der Waals surface area (Å²) in [5.74, 6) is -1.51. The fraction of sp³-hybridized carbons (Fsp3) is 0.421. The Bertz CT molecular complexity index is 874. The fourth-order valence-electron chi connectivity index (χ4n) is 2.76. The lowest BCUT2D eigenvalue weighted by Crippen LogP contribution is -2.34. The predicted molar refractivity (Wildman–Crippen MR) is 107 cm³/mol. The Kier molecular flexibility index (Phi) is 7.65. The maximum atomic E-state index is 12.5. The number of hydrogen-bond acceptors (Lipinski definition) is 6. The molecule has 0 bridgehead atoms. The molecule has 0 radical (unpaired) electrons. The largest absolute Gasteiger partial charge is 0.461 e. The number of amides is 1. The Morgan fingerprint density at radius 2 is 1.86 bits per heavy atom. The van der Waals surface area contributed by atoms with Gasteiger partial charge in [0.05, 0.1) is 23.1 Å². The first-order valence-corrected chi connectivity index (χ1v) is 10.0. The quantitative estimate of drug-likeness (QED) is 0.649. The zero-order chi connectivity index (χ0) is 20.8. The molecular formula is C19H23ClN2O5S. The van der Waals surface area contributed by atoms with Gasteiger partial charge in [0.15, 0.2) is 6.61 Å². The van der Waals surface area contributed by atoms with Gasteiger partial charge in [0.1, 0.15) is 5.69 Å². The zero-order valence-corrected chi connectivity index (χ0v) is 17.8. The number of H-pyrrole nitrogens is 1. The van der Waals surface area contributed by atoms with E-state index in [9.17, 15) is 14.4 Å². The Hall–Kier alpha value is -2.32. The number of halogens is 1. The summed E-state index contributed by atoms with van der Waals surface area (Å²) in [5.41, 5.74) is 1.37. The van der Waals surface area contributed by atoms with E-state index in [1.54, 1.807) is 31.7 Å². The number of nitrogens with zero attached hydrogens (tertiary/aromatic N) is 1. The molecule has 2 aromatic heterocycles. The van der Waals surface area contributed by atoms with Crippen molar-refractivity contribution in [2.24, 2.45) is 0 Å². The number of carbonyl (C=O) groups excluding carboxylic acids is 3. The van der Waals surface area contributed by atoms with E-state index in [-0.39, 0.29) is 30.4 Å². The molecule has 0 spiro atoms. The molecule has 0 unspecified atom stereocenters. The van der Waals surface area contributed by atoms with Gasteiger partial charge >= 0.3 is 11.9 Å². The van der Waals surface area contributed by atoms with Gasteiger partial charge in [-0.15, -0.1) is 11.3 Å². The van der Waals surface area contributed by atoms with E-state index in [0.29, 0.717) is 28.7 Å². The van der Waals surface area contributed by atoms with Gasteiger partial charge in [-0.3, -0.25) is 4.79 Å². The summed E-state index contributed by atoms with van der Waals surface area (Å²) >= 11 is 7.32. The van der Waals surface area contributed by atoms with E-state index in [1.165, 1.54) is 11.3 Å². The summed E-state index contributed by atoms with van der Waals surface area (Å²) < 4.78 is 10.8. The van der Waals surface area contributed by atoms with Crippen molar-refractivity contribution >= 4 is 40.8 Å². The van der Waals surface area contributed by atoms with Crippen molar-refractivity contribution in [1.82, 2.24) is 9.88 Å². The molecule has 7 nitrogen and oxygen atoms in total. The van der Waals surface area contributed by atoms with Crippen molar-refractivity contribution < 1.29 is 23.9 Å². The van der Waals surface area contributed by atoms with E-state index < -0.39 is 11.9 Å². The number of aromatic nitrogens is 1. The number of aryl methyl sites for hydroxylation is 1. The molecule has 0 saturated carbocycles. The average molecular weight is 427 g/mol. The van der Waals surface area contributed by atoms with Crippen LogP contribution in [0.1, 0.15) is 50.8 Å². The molecular weight excluding hydrogens is 404 g/mol. The van der Waals surface area contributed by atoms with Gasteiger partial charge < -0.3 is 19.4 Å². The maximum Gasteiger partial charge on any atom is 0.355 e. The van der Waals surface area contributed by atoms with Gasteiger partial charge in [-0.25, -0.2) is 9.59 Å². The van der Waals surface area contributed by atoms with Crippen LogP contribution < -0.4 is 0 Å². The highest BCUT2D eigenvalue weighted by molar-refractivity contribution is 7.16. The molecule has 1 N–H and O–H groups in total. The lowest BCUT2D eigenvalue weighted by Gasteiger charge is -2.20. The lowest BCUT2D eigenvalue weighted by atomic mass is 10.1. The number of likely N-dealkylation sites (N-methyl/N-ethyl adjacent to an activating group) is 1. The lowest BCUT2D eigenvalue weighted by molar-refractivity contribution is -0.134. The summed E-state index contributed by atoms with van der Waals surface area (Å²) in [6.07, 6.45) is 0. The Morgan fingerprint density at radius 3 is 2.43 bits per heavy atom. The smallest absolute Gasteiger partial charge is 0.355 e. The third-order valence-electron chi connectivity index (χ3n) is 4.16. The predicted octanol–water partition coefficient (Wildman–Crippen LogP) is 3.73. The molecule has 2 heterocycles. The molecule has 1 amide bonds. The van der Waals surface area contributed by atoms with E-state index in [1.807, 2.05) is 13.0 Å². The molecule has 28 heavy (non-hydrogen) atoms. The van der Waals surface area contributed by atoms with E-state index in [2.05, 4.69) is 4.98 Å². The third kappa shape index (κ3) is 5.14. The number of aromatic amines is 1. The van der Waals surface area contributed by atoms with Crippen molar-refractivity contribution in [2.45, 2.75) is 34.2 Å². The van der Waals surface area contributed by atoms with E-state index in [0.717, 1.165) is 4.88 Å². The van der Waals surface area contributed by atoms with Crippen LogP contribution in [0.15, 0.2) is 12.1 Å². The van der Waals surface area contributed by atoms with Crippen LogP contribution >= 0.6 is 22.9 Å². The van der Waals surface area contributed by atoms with Gasteiger partial charge in [0.2, 0.25) is 0 Å². The van der Waals surface area contributed by atoms with Crippen LogP contribution in [0, 0.1) is 13.8 Å². The molecule has 0 aliphatic carbocycles. The Morgan fingerprint density at radius 1 is 1.14 bits per heavy atom. The summed E-state index contributed by atoms with van der Waals surface area (Å²) in [7, 11) is 0. The van der Waals surface area contributed by atoms with Gasteiger partial charge in [0.25, 0.3) is 5.91 Å². The first-order chi connectivity index (χ1) is 13.3. The molecule has 0 atom stereocenters. The fourth-order valence-corrected chi connectivity index (χ4v) is 3.86. The third-order valence-corrected chi connectivity index (χ3v) is 5.37. The number of rotatable bonds is 8. The second-order valence-electron chi connectivity index (χ2n) is 6.04. The van der Waals surface area contributed by atoms with Crippen LogP contribution in [0.4, 0.5) is 0 Å². The molecule has 0 aliphatic heterocycles. The highest BCUT2D eigenvalue weighted by Crippen LogP contribution is 2.23. The molecule has 0 saturated heterocycles. The number of hydrogen-bond donors (Lipinski definition) is 1. The van der Waals surface area contributed by atoms with Crippen LogP contribution in [0.2, 0.25) is 4.34 Å². The number of esters is 2. The second kappa shape index (κ2) is 9.75. The summed E-state index contributed by atoms with van der Waals surface area (Å²) in [5, 5.41) is 0. The summed E-state index contributed by atoms with van der Waals surface area (Å²) in [6, 6.07) is 3.64. The van der Waals surface area contributed by atoms with Crippen LogP contribution in [0.25, 0.3) is 0 Å². The normalized spacial score (nSPS) is 10.6. The van der Waals surface area contributed by atoms with Crippen molar-refractivity contribution in [2.75, 3.05) is 19.8 Å². The van der Waals surface area contributed by atoms with Crippen LogP contribution in [-0.2, 0) is 20.8 Å². The first-order valence-electron chi connectivity index (χ1n) is 8.83. The molecule has 152 valence electrons. The Labute approximate surface area is 172 Å². The molecule has 9 heteroatoms. The van der Waals surface area contributed by atoms with Gasteiger partial charge in [-0.1, -0.05) is 11.6 Å². The SMILES string of the molecule is CCOC(=O)c1[nH]c(C)c(C(=O)OCC(=O)N(CC)Cc2ccc(Cl)s2)c1C. The standard InChI is InChI=1S/C19H23ClN2O5S/c1-5-22(9-13-7-8-14(20)28-13)15(23)10-27-18(24)16-11(3)17(21-12(16)4)19(25)26-6-2/h7-8,21H,5-6,9-10H2,1-4H3. The molecule has 0 fully saturated rings. The van der Waals surface area contributed by atoms with E-state index in [4.69, 9.17) is 21.1 Å². The second-order valence-corrected chi connectivity index (χ2v) is 7.83. The summed E-state index contributed by atoms with van der Waals surface area (Å²) in [4.78, 5) is 42.2. The van der Waals surface area contributed by atoms with Crippen molar-refractivity contribution in [3.8, 4) is 0 Å². The number of carbonyl (C=O) groups is 3. The average Bonchev–Trinajstić information content (AvgIpc) is 3.19. The minimum Gasteiger partial charge on any atom is -0.461 e. The topological polar surface area (TPSA) is 88.7 Å². The zero-order valence-electron chi connectivity index (χ0n) is 16.3. The summed E-state index contributed by atoms with van der Waals surface area (Å²) in [6.45, 7) is 7.56. The van der Waals surface area contributed by atoms with Crippen molar-refractivity contribution in [3.63, 3.8) is 0 Å². The van der Waals surface area contributed by atoms with Crippen LogP contribution in [0.3, 0.4) is 0 Å². The molecule has 2 rings (SSSR count).